The number of aromatic nitrogens is 1. The summed E-state index contributed by atoms with van der Waals surface area (Å²) in [6, 6.07) is 5.45. The Morgan fingerprint density at radius 1 is 1.45 bits per heavy atom. The number of anilines is 1. The van der Waals surface area contributed by atoms with E-state index in [9.17, 15) is 4.79 Å². The highest BCUT2D eigenvalue weighted by Gasteiger charge is 2.23. The molecule has 106 valence electrons. The third-order valence-electron chi connectivity index (χ3n) is 2.82. The summed E-state index contributed by atoms with van der Waals surface area (Å²) in [5.74, 6) is 0.418. The first kappa shape index (κ1) is 15.3. The second kappa shape index (κ2) is 6.13. The van der Waals surface area contributed by atoms with Crippen LogP contribution in [0, 0.1) is 10.5 Å². The van der Waals surface area contributed by atoms with Crippen molar-refractivity contribution in [2.75, 3.05) is 5.32 Å². The SMILES string of the molecule is Cc1noc(C(C)C)c1C(=O)Nc1ccc(I)cc1Cl. The van der Waals surface area contributed by atoms with Gasteiger partial charge in [0.15, 0.2) is 5.76 Å². The predicted molar refractivity (Wildman–Crippen MR) is 87.5 cm³/mol. The van der Waals surface area contributed by atoms with Gasteiger partial charge in [0, 0.05) is 9.49 Å². The van der Waals surface area contributed by atoms with Gasteiger partial charge in [0.2, 0.25) is 0 Å². The molecule has 0 atom stereocenters. The summed E-state index contributed by atoms with van der Waals surface area (Å²) in [5.41, 5.74) is 1.63. The summed E-state index contributed by atoms with van der Waals surface area (Å²) in [6.07, 6.45) is 0. The van der Waals surface area contributed by atoms with Crippen LogP contribution in [0.2, 0.25) is 5.02 Å². The lowest BCUT2D eigenvalue weighted by Gasteiger charge is -2.09. The topological polar surface area (TPSA) is 55.1 Å². The lowest BCUT2D eigenvalue weighted by atomic mass is 10.0. The van der Waals surface area contributed by atoms with Gasteiger partial charge in [0.05, 0.1) is 16.4 Å². The first-order valence-corrected chi connectivity index (χ1v) is 7.58. The van der Waals surface area contributed by atoms with E-state index in [4.69, 9.17) is 16.1 Å². The zero-order valence-electron chi connectivity index (χ0n) is 11.3. The highest BCUT2D eigenvalue weighted by molar-refractivity contribution is 14.1. The van der Waals surface area contributed by atoms with Crippen LogP contribution in [0.1, 0.15) is 41.6 Å². The molecule has 2 rings (SSSR count). The van der Waals surface area contributed by atoms with E-state index in [0.29, 0.717) is 27.7 Å². The first-order chi connectivity index (χ1) is 9.40. The normalized spacial score (nSPS) is 10.9. The maximum atomic E-state index is 12.4. The molecule has 1 heterocycles. The molecule has 0 radical (unpaired) electrons. The molecule has 0 fully saturated rings. The molecule has 20 heavy (non-hydrogen) atoms. The molecule has 6 heteroatoms. The van der Waals surface area contributed by atoms with Gasteiger partial charge >= 0.3 is 0 Å². The number of aryl methyl sites for hydroxylation is 1. The Labute approximate surface area is 136 Å². The smallest absolute Gasteiger partial charge is 0.261 e. The van der Waals surface area contributed by atoms with Crippen molar-refractivity contribution in [1.82, 2.24) is 5.16 Å². The summed E-state index contributed by atoms with van der Waals surface area (Å²) < 4.78 is 6.23. The van der Waals surface area contributed by atoms with Gasteiger partial charge in [-0.15, -0.1) is 0 Å². The van der Waals surface area contributed by atoms with Gasteiger partial charge in [0.1, 0.15) is 5.56 Å². The number of hydrogen-bond acceptors (Lipinski definition) is 3. The molecule has 0 spiro atoms. The summed E-state index contributed by atoms with van der Waals surface area (Å²) in [7, 11) is 0. The van der Waals surface area contributed by atoms with Crippen LogP contribution < -0.4 is 5.32 Å². The Morgan fingerprint density at radius 2 is 2.15 bits per heavy atom. The maximum Gasteiger partial charge on any atom is 0.261 e. The average Bonchev–Trinajstić information content (AvgIpc) is 2.75. The van der Waals surface area contributed by atoms with Crippen LogP contribution in [0.5, 0.6) is 0 Å². The molecule has 4 nitrogen and oxygen atoms in total. The fourth-order valence-corrected chi connectivity index (χ4v) is 2.74. The minimum atomic E-state index is -0.254. The molecule has 0 saturated carbocycles. The Hall–Kier alpha value is -1.08. The van der Waals surface area contributed by atoms with Gasteiger partial charge < -0.3 is 9.84 Å². The molecule has 0 aliphatic heterocycles. The second-order valence-corrected chi connectivity index (χ2v) is 6.39. The third-order valence-corrected chi connectivity index (χ3v) is 3.80. The van der Waals surface area contributed by atoms with Crippen LogP contribution in [0.25, 0.3) is 0 Å². The number of halogens is 2. The Bertz CT molecular complexity index is 653. The number of amides is 1. The summed E-state index contributed by atoms with van der Waals surface area (Å²) in [4.78, 5) is 12.4. The highest BCUT2D eigenvalue weighted by atomic mass is 127. The van der Waals surface area contributed by atoms with E-state index >= 15 is 0 Å². The van der Waals surface area contributed by atoms with Crippen molar-refractivity contribution in [2.24, 2.45) is 0 Å². The lowest BCUT2D eigenvalue weighted by molar-refractivity contribution is 0.102. The van der Waals surface area contributed by atoms with E-state index < -0.39 is 0 Å². The van der Waals surface area contributed by atoms with Crippen LogP contribution in [-0.2, 0) is 0 Å². The number of hydrogen-bond donors (Lipinski definition) is 1. The zero-order chi connectivity index (χ0) is 14.9. The van der Waals surface area contributed by atoms with Gasteiger partial charge in [-0.1, -0.05) is 30.6 Å². The van der Waals surface area contributed by atoms with Crippen molar-refractivity contribution in [3.8, 4) is 0 Å². The van der Waals surface area contributed by atoms with E-state index in [1.165, 1.54) is 0 Å². The predicted octanol–water partition coefficient (Wildman–Crippen LogP) is 4.62. The zero-order valence-corrected chi connectivity index (χ0v) is 14.2. The standard InChI is InChI=1S/C14H14ClIN2O2/c1-7(2)13-12(8(3)18-20-13)14(19)17-11-5-4-9(16)6-10(11)15/h4-7H,1-3H3,(H,17,19). The van der Waals surface area contributed by atoms with E-state index in [0.717, 1.165) is 3.57 Å². The minimum Gasteiger partial charge on any atom is -0.360 e. The Morgan fingerprint density at radius 3 is 2.75 bits per heavy atom. The Kier molecular flexibility index (Phi) is 4.70. The lowest BCUT2D eigenvalue weighted by Crippen LogP contribution is -2.15. The molecule has 0 aliphatic rings. The maximum absolute atomic E-state index is 12.4. The molecule has 0 bridgehead atoms. The van der Waals surface area contributed by atoms with Crippen molar-refractivity contribution in [1.29, 1.82) is 0 Å². The van der Waals surface area contributed by atoms with Gasteiger partial charge in [-0.25, -0.2) is 0 Å². The molecule has 1 aromatic carbocycles. The number of nitrogens with zero attached hydrogens (tertiary/aromatic N) is 1. The van der Waals surface area contributed by atoms with Gasteiger partial charge in [0.25, 0.3) is 5.91 Å². The largest absolute Gasteiger partial charge is 0.360 e. The molecule has 1 amide bonds. The van der Waals surface area contributed by atoms with Gasteiger partial charge in [-0.3, -0.25) is 4.79 Å². The number of benzene rings is 1. The van der Waals surface area contributed by atoms with Crippen molar-refractivity contribution < 1.29 is 9.32 Å². The third kappa shape index (κ3) is 3.15. The average molecular weight is 405 g/mol. The summed E-state index contributed by atoms with van der Waals surface area (Å²) in [5, 5.41) is 7.17. The van der Waals surface area contributed by atoms with E-state index in [1.807, 2.05) is 19.9 Å². The number of nitrogens with one attached hydrogen (secondary N) is 1. The first-order valence-electron chi connectivity index (χ1n) is 6.12. The van der Waals surface area contributed by atoms with E-state index in [2.05, 4.69) is 33.1 Å². The molecule has 0 aliphatic carbocycles. The summed E-state index contributed by atoms with van der Waals surface area (Å²) in [6.45, 7) is 5.66. The molecule has 1 aromatic heterocycles. The van der Waals surface area contributed by atoms with Gasteiger partial charge in [-0.2, -0.15) is 0 Å². The van der Waals surface area contributed by atoms with Crippen LogP contribution in [0.4, 0.5) is 5.69 Å². The van der Waals surface area contributed by atoms with Crippen molar-refractivity contribution >= 4 is 45.8 Å². The molecule has 1 N–H and O–H groups in total. The summed E-state index contributed by atoms with van der Waals surface area (Å²) >= 11 is 8.28. The van der Waals surface area contributed by atoms with Crippen molar-refractivity contribution in [3.05, 3.63) is 43.8 Å². The molecule has 0 saturated heterocycles. The van der Waals surface area contributed by atoms with Crippen molar-refractivity contribution in [3.63, 3.8) is 0 Å². The van der Waals surface area contributed by atoms with E-state index in [-0.39, 0.29) is 11.8 Å². The van der Waals surface area contributed by atoms with Crippen LogP contribution >= 0.6 is 34.2 Å². The van der Waals surface area contributed by atoms with Crippen LogP contribution in [-0.4, -0.2) is 11.1 Å². The van der Waals surface area contributed by atoms with Crippen molar-refractivity contribution in [2.45, 2.75) is 26.7 Å². The number of carbonyl (C=O) groups is 1. The fourth-order valence-electron chi connectivity index (χ4n) is 1.83. The van der Waals surface area contributed by atoms with E-state index in [1.54, 1.807) is 19.1 Å². The monoisotopic (exact) mass is 404 g/mol. The van der Waals surface area contributed by atoms with Crippen LogP contribution in [0.3, 0.4) is 0 Å². The number of rotatable bonds is 3. The molecule has 2 aromatic rings. The fraction of sp³-hybridized carbons (Fsp3) is 0.286. The van der Waals surface area contributed by atoms with Crippen LogP contribution in [0.15, 0.2) is 22.7 Å². The Balaban J connectivity index is 2.31. The number of carbonyl (C=O) groups excluding carboxylic acids is 1. The second-order valence-electron chi connectivity index (χ2n) is 4.74. The molecule has 0 unspecified atom stereocenters. The highest BCUT2D eigenvalue weighted by Crippen LogP contribution is 2.27. The van der Waals surface area contributed by atoms with Gasteiger partial charge in [-0.05, 0) is 47.7 Å². The minimum absolute atomic E-state index is 0.0872. The molecular weight excluding hydrogens is 391 g/mol. The molecular formula is C14H14ClIN2O2. The quantitative estimate of drug-likeness (QED) is 0.760.